The Labute approximate surface area is 186 Å². The maximum atomic E-state index is 6.03. The molecule has 0 bridgehead atoms. The van der Waals surface area contributed by atoms with Crippen LogP contribution in [0.2, 0.25) is 0 Å². The molecule has 2 aromatic heterocycles. The molecule has 2 heterocycles. The molecule has 0 atom stereocenters. The third-order valence-corrected chi connectivity index (χ3v) is 5.62. The van der Waals surface area contributed by atoms with E-state index in [4.69, 9.17) is 21.1 Å². The minimum atomic E-state index is 0.0139. The van der Waals surface area contributed by atoms with Crippen LogP contribution < -0.4 is 10.1 Å². The largest absolute Gasteiger partial charge is 0.490 e. The number of nitrogens with one attached hydrogen (secondary N) is 2. The molecular formula is C21H28ClN5O2S. The molecule has 0 aliphatic carbocycles. The lowest BCUT2D eigenvalue weighted by molar-refractivity contribution is 0.110. The van der Waals surface area contributed by atoms with Crippen molar-refractivity contribution < 1.29 is 9.47 Å². The Morgan fingerprint density at radius 2 is 1.90 bits per heavy atom. The van der Waals surface area contributed by atoms with Crippen molar-refractivity contribution in [3.05, 3.63) is 29.7 Å². The predicted octanol–water partition coefficient (Wildman–Crippen LogP) is 5.24. The van der Waals surface area contributed by atoms with Gasteiger partial charge in [-0.15, -0.1) is 23.4 Å². The number of nitrogens with zero attached hydrogens (tertiary/aromatic N) is 3. The Balaban J connectivity index is 1.94. The molecular weight excluding hydrogens is 422 g/mol. The number of rotatable bonds is 9. The van der Waals surface area contributed by atoms with Crippen LogP contribution in [0, 0.1) is 13.8 Å². The first-order chi connectivity index (χ1) is 14.3. The fraction of sp³-hybridized carbons (Fsp3) is 0.476. The van der Waals surface area contributed by atoms with E-state index in [-0.39, 0.29) is 4.75 Å². The van der Waals surface area contributed by atoms with Crippen LogP contribution >= 0.6 is 23.4 Å². The first kappa shape index (κ1) is 22.7. The normalized spacial score (nSPS) is 11.8. The maximum Gasteiger partial charge on any atom is 0.156 e. The van der Waals surface area contributed by atoms with Gasteiger partial charge in [0.15, 0.2) is 5.82 Å². The van der Waals surface area contributed by atoms with Gasteiger partial charge in [-0.05, 0) is 19.9 Å². The summed E-state index contributed by atoms with van der Waals surface area (Å²) < 4.78 is 11.5. The number of H-pyrrole nitrogens is 1. The standard InChI is InChI=1S/C21H28ClN5O2S/c1-13-14(2)26-27-19(13)25-20-15-10-18(30-21(3,4)5)17(11-16(15)23-12-24-20)29-9-8-28-7-6-22/h10-12H,6-9H2,1-5H3,(H2,23,24,25,26,27). The Morgan fingerprint density at radius 3 is 2.57 bits per heavy atom. The number of benzene rings is 1. The Hall–Kier alpha value is -2.03. The highest BCUT2D eigenvalue weighted by Crippen LogP contribution is 2.41. The van der Waals surface area contributed by atoms with E-state index in [1.165, 1.54) is 0 Å². The molecule has 3 rings (SSSR count). The molecule has 162 valence electrons. The molecule has 0 amide bonds. The molecule has 0 unspecified atom stereocenters. The van der Waals surface area contributed by atoms with Crippen LogP contribution in [-0.4, -0.2) is 50.6 Å². The highest BCUT2D eigenvalue weighted by molar-refractivity contribution is 8.00. The number of aromatic amines is 1. The van der Waals surface area contributed by atoms with Gasteiger partial charge in [0, 0.05) is 33.3 Å². The van der Waals surface area contributed by atoms with Crippen molar-refractivity contribution in [3.63, 3.8) is 0 Å². The highest BCUT2D eigenvalue weighted by atomic mass is 35.5. The second kappa shape index (κ2) is 9.85. The minimum absolute atomic E-state index is 0.0139. The first-order valence-electron chi connectivity index (χ1n) is 9.81. The summed E-state index contributed by atoms with van der Waals surface area (Å²) in [7, 11) is 0. The number of ether oxygens (including phenoxy) is 2. The molecule has 0 spiro atoms. The third-order valence-electron chi connectivity index (χ3n) is 4.31. The molecule has 2 N–H and O–H groups in total. The van der Waals surface area contributed by atoms with Gasteiger partial charge >= 0.3 is 0 Å². The molecule has 0 aliphatic rings. The van der Waals surface area contributed by atoms with Gasteiger partial charge in [-0.1, -0.05) is 20.8 Å². The van der Waals surface area contributed by atoms with Crippen LogP contribution in [0.1, 0.15) is 32.0 Å². The predicted molar refractivity (Wildman–Crippen MR) is 124 cm³/mol. The van der Waals surface area contributed by atoms with Crippen molar-refractivity contribution in [2.24, 2.45) is 0 Å². The average molecular weight is 450 g/mol. The van der Waals surface area contributed by atoms with E-state index in [0.717, 1.165) is 38.6 Å². The van der Waals surface area contributed by atoms with Crippen LogP contribution in [0.15, 0.2) is 23.4 Å². The molecule has 7 nitrogen and oxygen atoms in total. The second-order valence-corrected chi connectivity index (χ2v) is 10.1. The monoisotopic (exact) mass is 449 g/mol. The zero-order chi connectivity index (χ0) is 21.7. The number of fused-ring (bicyclic) bond motifs is 1. The number of aryl methyl sites for hydroxylation is 1. The van der Waals surface area contributed by atoms with E-state index in [1.54, 1.807) is 18.1 Å². The lowest BCUT2D eigenvalue weighted by Crippen LogP contribution is -2.11. The van der Waals surface area contributed by atoms with Gasteiger partial charge in [0.2, 0.25) is 0 Å². The van der Waals surface area contributed by atoms with Crippen LogP contribution in [-0.2, 0) is 4.74 Å². The van der Waals surface area contributed by atoms with Crippen molar-refractivity contribution in [3.8, 4) is 5.75 Å². The lowest BCUT2D eigenvalue weighted by atomic mass is 10.2. The smallest absolute Gasteiger partial charge is 0.156 e. The van der Waals surface area contributed by atoms with E-state index in [0.29, 0.717) is 31.5 Å². The van der Waals surface area contributed by atoms with Gasteiger partial charge in [0.05, 0.1) is 23.6 Å². The number of anilines is 2. The van der Waals surface area contributed by atoms with E-state index in [9.17, 15) is 0 Å². The SMILES string of the molecule is Cc1[nH]nc(Nc2ncnc3cc(OCCOCCCl)c(SC(C)(C)C)cc23)c1C. The highest BCUT2D eigenvalue weighted by Gasteiger charge is 2.19. The van der Waals surface area contributed by atoms with Crippen LogP contribution in [0.25, 0.3) is 10.9 Å². The summed E-state index contributed by atoms with van der Waals surface area (Å²) >= 11 is 7.39. The zero-order valence-corrected chi connectivity index (χ0v) is 19.6. The molecule has 3 aromatic rings. The third kappa shape index (κ3) is 5.77. The van der Waals surface area contributed by atoms with Gasteiger partial charge in [-0.2, -0.15) is 5.10 Å². The fourth-order valence-electron chi connectivity index (χ4n) is 2.77. The van der Waals surface area contributed by atoms with Crippen molar-refractivity contribution >= 4 is 45.9 Å². The van der Waals surface area contributed by atoms with E-state index < -0.39 is 0 Å². The van der Waals surface area contributed by atoms with Crippen molar-refractivity contribution in [2.75, 3.05) is 31.0 Å². The summed E-state index contributed by atoms with van der Waals surface area (Å²) in [5.74, 6) is 2.73. The average Bonchev–Trinajstić information content (AvgIpc) is 2.99. The van der Waals surface area contributed by atoms with Gasteiger partial charge in [-0.25, -0.2) is 9.97 Å². The van der Waals surface area contributed by atoms with Crippen LogP contribution in [0.5, 0.6) is 5.75 Å². The molecule has 0 saturated carbocycles. The maximum absolute atomic E-state index is 6.03. The van der Waals surface area contributed by atoms with E-state index in [1.807, 2.05) is 19.9 Å². The first-order valence-corrected chi connectivity index (χ1v) is 11.2. The van der Waals surface area contributed by atoms with Crippen LogP contribution in [0.4, 0.5) is 11.6 Å². The molecule has 30 heavy (non-hydrogen) atoms. The number of thioether (sulfide) groups is 1. The summed E-state index contributed by atoms with van der Waals surface area (Å²) in [6, 6.07) is 4.04. The van der Waals surface area contributed by atoms with E-state index >= 15 is 0 Å². The number of alkyl halides is 1. The second-order valence-electron chi connectivity index (χ2n) is 7.85. The van der Waals surface area contributed by atoms with Gasteiger partial charge in [-0.3, -0.25) is 5.10 Å². The Kier molecular flexibility index (Phi) is 7.44. The van der Waals surface area contributed by atoms with Gasteiger partial charge < -0.3 is 14.8 Å². The zero-order valence-electron chi connectivity index (χ0n) is 18.0. The molecule has 9 heteroatoms. The van der Waals surface area contributed by atoms with Gasteiger partial charge in [0.1, 0.15) is 24.5 Å². The molecule has 1 aromatic carbocycles. The van der Waals surface area contributed by atoms with Crippen molar-refractivity contribution in [1.29, 1.82) is 0 Å². The summed E-state index contributed by atoms with van der Waals surface area (Å²) in [6.07, 6.45) is 1.55. The molecule has 0 aliphatic heterocycles. The van der Waals surface area contributed by atoms with Crippen molar-refractivity contribution in [1.82, 2.24) is 20.2 Å². The number of aromatic nitrogens is 4. The topological polar surface area (TPSA) is 85.0 Å². The molecule has 0 fully saturated rings. The summed E-state index contributed by atoms with van der Waals surface area (Å²) in [5, 5.41) is 11.6. The number of halogens is 1. The molecule has 0 radical (unpaired) electrons. The number of hydrogen-bond donors (Lipinski definition) is 2. The molecule has 0 saturated heterocycles. The van der Waals surface area contributed by atoms with Crippen LogP contribution in [0.3, 0.4) is 0 Å². The lowest BCUT2D eigenvalue weighted by Gasteiger charge is -2.21. The summed E-state index contributed by atoms with van der Waals surface area (Å²) in [4.78, 5) is 9.93. The Bertz CT molecular complexity index is 1000. The number of hydrogen-bond acceptors (Lipinski definition) is 7. The Morgan fingerprint density at radius 1 is 1.10 bits per heavy atom. The van der Waals surface area contributed by atoms with E-state index in [2.05, 4.69) is 52.3 Å². The summed E-state index contributed by atoms with van der Waals surface area (Å²) in [6.45, 7) is 12.0. The quantitative estimate of drug-likeness (QED) is 0.262. The minimum Gasteiger partial charge on any atom is -0.490 e. The summed E-state index contributed by atoms with van der Waals surface area (Å²) in [5.41, 5.74) is 2.88. The van der Waals surface area contributed by atoms with Gasteiger partial charge in [0.25, 0.3) is 0 Å². The van der Waals surface area contributed by atoms with Crippen molar-refractivity contribution in [2.45, 2.75) is 44.3 Å². The fourth-order valence-corrected chi connectivity index (χ4v) is 3.94.